The van der Waals surface area contributed by atoms with E-state index in [4.69, 9.17) is 4.74 Å². The van der Waals surface area contributed by atoms with Gasteiger partial charge in [0.2, 0.25) is 0 Å². The lowest BCUT2D eigenvalue weighted by Crippen LogP contribution is -2.25. The fourth-order valence-corrected chi connectivity index (χ4v) is 1.27. The van der Waals surface area contributed by atoms with Crippen LogP contribution >= 0.6 is 0 Å². The van der Waals surface area contributed by atoms with Crippen LogP contribution in [0.3, 0.4) is 0 Å². The molecule has 0 spiro atoms. The summed E-state index contributed by atoms with van der Waals surface area (Å²) in [5.41, 5.74) is 0.130. The Hall–Kier alpha value is -1.16. The molecule has 1 aromatic rings. The minimum atomic E-state index is -0.446. The first-order valence-corrected chi connectivity index (χ1v) is 5.85. The minimum Gasteiger partial charge on any atom is -0.470 e. The molecule has 0 aliphatic heterocycles. The molecule has 0 bridgehead atoms. The summed E-state index contributed by atoms with van der Waals surface area (Å²) >= 11 is 0. The number of hydrogen-bond acceptors (Lipinski definition) is 3. The Morgan fingerprint density at radius 3 is 2.59 bits per heavy atom. The van der Waals surface area contributed by atoms with Crippen molar-refractivity contribution in [2.45, 2.75) is 52.8 Å². The Labute approximate surface area is 102 Å². The molecular formula is C13H21FN2O. The fraction of sp³-hybridized carbons (Fsp3) is 0.615. The maximum Gasteiger partial charge on any atom is 0.251 e. The largest absolute Gasteiger partial charge is 0.470 e. The lowest BCUT2D eigenvalue weighted by Gasteiger charge is -2.21. The van der Waals surface area contributed by atoms with Gasteiger partial charge < -0.3 is 10.1 Å². The van der Waals surface area contributed by atoms with Crippen LogP contribution in [-0.4, -0.2) is 16.6 Å². The average molecular weight is 240 g/mol. The van der Waals surface area contributed by atoms with E-state index in [1.165, 1.54) is 0 Å². The molecule has 0 fully saturated rings. The van der Waals surface area contributed by atoms with Crippen LogP contribution in [0.2, 0.25) is 0 Å². The topological polar surface area (TPSA) is 34.2 Å². The average Bonchev–Trinajstić information content (AvgIpc) is 2.17. The lowest BCUT2D eigenvalue weighted by atomic mass is 10.2. The number of pyridine rings is 1. The van der Waals surface area contributed by atoms with Crippen LogP contribution in [0.1, 0.15) is 40.2 Å². The van der Waals surface area contributed by atoms with Crippen molar-refractivity contribution < 1.29 is 9.13 Å². The first-order valence-electron chi connectivity index (χ1n) is 5.85. The molecule has 1 heterocycles. The van der Waals surface area contributed by atoms with Crippen LogP contribution < -0.4 is 10.1 Å². The van der Waals surface area contributed by atoms with E-state index in [2.05, 4.69) is 10.3 Å². The lowest BCUT2D eigenvalue weighted by molar-refractivity contribution is 0.116. The highest BCUT2D eigenvalue weighted by Crippen LogP contribution is 2.21. The van der Waals surface area contributed by atoms with Gasteiger partial charge in [-0.15, -0.1) is 0 Å². The molecule has 96 valence electrons. The molecule has 0 radical (unpaired) electrons. The maximum absolute atomic E-state index is 14.0. The Balaban J connectivity index is 2.84. The summed E-state index contributed by atoms with van der Waals surface area (Å²) < 4.78 is 19.5. The molecule has 0 aliphatic rings. The Morgan fingerprint density at radius 2 is 2.06 bits per heavy atom. The third-order valence-corrected chi connectivity index (χ3v) is 2.04. The SMILES string of the molecule is CC(C)NCc1ccnc(OC(C)(C)C)c1F. The summed E-state index contributed by atoms with van der Waals surface area (Å²) in [4.78, 5) is 3.93. The van der Waals surface area contributed by atoms with E-state index in [1.54, 1.807) is 12.3 Å². The van der Waals surface area contributed by atoms with Crippen LogP contribution in [0, 0.1) is 5.82 Å². The van der Waals surface area contributed by atoms with Gasteiger partial charge in [-0.25, -0.2) is 9.37 Å². The van der Waals surface area contributed by atoms with Gasteiger partial charge in [0.1, 0.15) is 5.60 Å². The molecular weight excluding hydrogens is 219 g/mol. The second-order valence-electron chi connectivity index (χ2n) is 5.34. The highest BCUT2D eigenvalue weighted by Gasteiger charge is 2.18. The van der Waals surface area contributed by atoms with E-state index >= 15 is 0 Å². The number of nitrogens with zero attached hydrogens (tertiary/aromatic N) is 1. The molecule has 0 aliphatic carbocycles. The third-order valence-electron chi connectivity index (χ3n) is 2.04. The molecule has 0 amide bonds. The number of aromatic nitrogens is 1. The van der Waals surface area contributed by atoms with E-state index in [0.29, 0.717) is 18.2 Å². The van der Waals surface area contributed by atoms with E-state index < -0.39 is 5.60 Å². The van der Waals surface area contributed by atoms with Crippen molar-refractivity contribution in [1.82, 2.24) is 10.3 Å². The first-order chi connectivity index (χ1) is 7.79. The normalized spacial score (nSPS) is 11.9. The van der Waals surface area contributed by atoms with Crippen LogP contribution in [0.25, 0.3) is 0 Å². The second-order valence-corrected chi connectivity index (χ2v) is 5.34. The summed E-state index contributed by atoms with van der Waals surface area (Å²) in [6.07, 6.45) is 1.57. The zero-order chi connectivity index (χ0) is 13.1. The predicted molar refractivity (Wildman–Crippen MR) is 66.6 cm³/mol. The van der Waals surface area contributed by atoms with Crippen molar-refractivity contribution in [3.05, 3.63) is 23.6 Å². The smallest absolute Gasteiger partial charge is 0.251 e. The van der Waals surface area contributed by atoms with E-state index in [-0.39, 0.29) is 11.7 Å². The number of ether oxygens (including phenoxy) is 1. The van der Waals surface area contributed by atoms with Gasteiger partial charge in [0.05, 0.1) is 0 Å². The van der Waals surface area contributed by atoms with Crippen LogP contribution in [0.15, 0.2) is 12.3 Å². The summed E-state index contributed by atoms with van der Waals surface area (Å²) in [6.45, 7) is 10.1. The summed E-state index contributed by atoms with van der Waals surface area (Å²) in [5.74, 6) is -0.309. The van der Waals surface area contributed by atoms with Gasteiger partial charge in [0.15, 0.2) is 5.82 Å². The van der Waals surface area contributed by atoms with Crippen LogP contribution in [0.4, 0.5) is 4.39 Å². The molecule has 0 saturated heterocycles. The minimum absolute atomic E-state index is 0.0700. The van der Waals surface area contributed by atoms with Crippen molar-refractivity contribution in [2.75, 3.05) is 0 Å². The van der Waals surface area contributed by atoms with E-state index in [9.17, 15) is 4.39 Å². The summed E-state index contributed by atoms with van der Waals surface area (Å²) in [5, 5.41) is 3.17. The van der Waals surface area contributed by atoms with Crippen molar-refractivity contribution in [3.63, 3.8) is 0 Å². The number of nitrogens with one attached hydrogen (secondary N) is 1. The van der Waals surface area contributed by atoms with Crippen molar-refractivity contribution in [2.24, 2.45) is 0 Å². The van der Waals surface area contributed by atoms with E-state index in [0.717, 1.165) is 0 Å². The number of hydrogen-bond donors (Lipinski definition) is 1. The number of halogens is 1. The Morgan fingerprint density at radius 1 is 1.41 bits per heavy atom. The van der Waals surface area contributed by atoms with Gasteiger partial charge in [0.25, 0.3) is 5.88 Å². The highest BCUT2D eigenvalue weighted by molar-refractivity contribution is 5.24. The molecule has 1 rings (SSSR count). The molecule has 0 unspecified atom stereocenters. The maximum atomic E-state index is 14.0. The van der Waals surface area contributed by atoms with Gasteiger partial charge >= 0.3 is 0 Å². The standard InChI is InChI=1S/C13H21FN2O/c1-9(2)16-8-10-6-7-15-12(11(10)14)17-13(3,4)5/h6-7,9,16H,8H2,1-5H3. The molecule has 3 nitrogen and oxygen atoms in total. The van der Waals surface area contributed by atoms with Gasteiger partial charge in [-0.3, -0.25) is 0 Å². The predicted octanol–water partition coefficient (Wildman–Crippen LogP) is 2.90. The quantitative estimate of drug-likeness (QED) is 0.878. The monoisotopic (exact) mass is 240 g/mol. The summed E-state index contributed by atoms with van der Waals surface area (Å²) in [7, 11) is 0. The molecule has 0 atom stereocenters. The van der Waals surface area contributed by atoms with Gasteiger partial charge in [-0.1, -0.05) is 13.8 Å². The molecule has 4 heteroatoms. The third kappa shape index (κ3) is 4.69. The highest BCUT2D eigenvalue weighted by atomic mass is 19.1. The molecule has 0 saturated carbocycles. The Bertz CT molecular complexity index is 372. The molecule has 17 heavy (non-hydrogen) atoms. The second kappa shape index (κ2) is 5.45. The fourth-order valence-electron chi connectivity index (χ4n) is 1.27. The van der Waals surface area contributed by atoms with Crippen LogP contribution in [-0.2, 0) is 6.54 Å². The van der Waals surface area contributed by atoms with Gasteiger partial charge in [0, 0.05) is 24.3 Å². The van der Waals surface area contributed by atoms with Crippen molar-refractivity contribution >= 4 is 0 Å². The first kappa shape index (κ1) is 13.9. The van der Waals surface area contributed by atoms with Crippen molar-refractivity contribution in [3.8, 4) is 5.88 Å². The van der Waals surface area contributed by atoms with Gasteiger partial charge in [-0.2, -0.15) is 0 Å². The van der Waals surface area contributed by atoms with E-state index in [1.807, 2.05) is 34.6 Å². The Kier molecular flexibility index (Phi) is 4.46. The van der Waals surface area contributed by atoms with Crippen LogP contribution in [0.5, 0.6) is 5.88 Å². The van der Waals surface area contributed by atoms with Gasteiger partial charge in [-0.05, 0) is 26.8 Å². The van der Waals surface area contributed by atoms with Crippen molar-refractivity contribution in [1.29, 1.82) is 0 Å². The molecule has 0 aromatic carbocycles. The molecule has 1 N–H and O–H groups in total. The molecule has 1 aromatic heterocycles. The summed E-state index contributed by atoms with van der Waals surface area (Å²) in [6, 6.07) is 1.98. The number of rotatable bonds is 4. The zero-order valence-corrected chi connectivity index (χ0v) is 11.2. The zero-order valence-electron chi connectivity index (χ0n) is 11.2.